The topological polar surface area (TPSA) is 46.3 Å². The van der Waals surface area contributed by atoms with Crippen LogP contribution < -0.4 is 5.84 Å². The molecule has 1 aromatic carbocycles. The molecule has 1 rings (SSSR count). The molecule has 2 N–H and O–H groups in total. The van der Waals surface area contributed by atoms with Gasteiger partial charge in [0.2, 0.25) is 0 Å². The molecule has 0 radical (unpaired) electrons. The van der Waals surface area contributed by atoms with E-state index in [2.05, 4.69) is 6.92 Å². The molecular formula is C15H24N2O. The number of carbonyl (C=O) groups excluding carboxylic acids is 1. The molecule has 1 amide bonds. The third-order valence-electron chi connectivity index (χ3n) is 3.24. The lowest BCUT2D eigenvalue weighted by molar-refractivity contribution is 0.0581. The number of nitrogens with two attached hydrogens (primary N) is 1. The average Bonchev–Trinajstić information content (AvgIpc) is 2.25. The molecule has 0 spiro atoms. The van der Waals surface area contributed by atoms with E-state index >= 15 is 0 Å². The van der Waals surface area contributed by atoms with E-state index in [-0.39, 0.29) is 11.4 Å². The number of benzene rings is 1. The maximum Gasteiger partial charge on any atom is 0.268 e. The van der Waals surface area contributed by atoms with Gasteiger partial charge in [0.15, 0.2) is 0 Å². The lowest BCUT2D eigenvalue weighted by Crippen LogP contribution is -2.50. The van der Waals surface area contributed by atoms with Gasteiger partial charge in [-0.25, -0.2) is 5.84 Å². The van der Waals surface area contributed by atoms with Crippen LogP contribution in [0.5, 0.6) is 0 Å². The molecule has 100 valence electrons. The van der Waals surface area contributed by atoms with Gasteiger partial charge < -0.3 is 0 Å². The minimum Gasteiger partial charge on any atom is -0.271 e. The quantitative estimate of drug-likeness (QED) is 0.497. The minimum atomic E-state index is -0.373. The molecule has 0 unspecified atom stereocenters. The van der Waals surface area contributed by atoms with Crippen molar-refractivity contribution in [2.45, 2.75) is 53.5 Å². The van der Waals surface area contributed by atoms with Crippen molar-refractivity contribution < 1.29 is 4.79 Å². The van der Waals surface area contributed by atoms with Crippen molar-refractivity contribution in [2.75, 3.05) is 0 Å². The Bertz CT molecular complexity index is 435. The molecule has 0 saturated carbocycles. The maximum atomic E-state index is 12.3. The largest absolute Gasteiger partial charge is 0.271 e. The summed E-state index contributed by atoms with van der Waals surface area (Å²) in [6, 6.07) is 3.86. The third kappa shape index (κ3) is 2.91. The van der Waals surface area contributed by atoms with Gasteiger partial charge in [-0.05, 0) is 69.9 Å². The lowest BCUT2D eigenvalue weighted by Gasteiger charge is -2.31. The highest BCUT2D eigenvalue weighted by molar-refractivity contribution is 5.94. The molecule has 3 nitrogen and oxygen atoms in total. The highest BCUT2D eigenvalue weighted by Crippen LogP contribution is 2.20. The van der Waals surface area contributed by atoms with Crippen LogP contribution >= 0.6 is 0 Å². The van der Waals surface area contributed by atoms with Crippen molar-refractivity contribution in [3.63, 3.8) is 0 Å². The molecule has 0 aliphatic rings. The standard InChI is InChI=1S/C15H24N2O/c1-7-13-10(2)8-12(9-11(13)3)14(18)17(16)15(4,5)6/h8-9H,7,16H2,1-6H3. The van der Waals surface area contributed by atoms with E-state index in [1.807, 2.05) is 46.8 Å². The summed E-state index contributed by atoms with van der Waals surface area (Å²) < 4.78 is 0. The highest BCUT2D eigenvalue weighted by Gasteiger charge is 2.24. The molecule has 0 aromatic heterocycles. The van der Waals surface area contributed by atoms with Crippen molar-refractivity contribution >= 4 is 5.91 Å². The highest BCUT2D eigenvalue weighted by atomic mass is 16.2. The van der Waals surface area contributed by atoms with Crippen LogP contribution in [0.1, 0.15) is 54.7 Å². The molecule has 0 saturated heterocycles. The number of hydrogen-bond acceptors (Lipinski definition) is 2. The molecule has 0 fully saturated rings. The Labute approximate surface area is 110 Å². The summed E-state index contributed by atoms with van der Waals surface area (Å²) in [5.41, 5.74) is 3.92. The van der Waals surface area contributed by atoms with Gasteiger partial charge in [0.25, 0.3) is 5.91 Å². The van der Waals surface area contributed by atoms with Crippen molar-refractivity contribution in [1.82, 2.24) is 5.01 Å². The molecule has 0 aliphatic heterocycles. The molecule has 0 heterocycles. The molecular weight excluding hydrogens is 224 g/mol. The Balaban J connectivity index is 3.16. The van der Waals surface area contributed by atoms with Crippen LogP contribution in [0.25, 0.3) is 0 Å². The Morgan fingerprint density at radius 3 is 2.00 bits per heavy atom. The van der Waals surface area contributed by atoms with Crippen LogP contribution in [0.2, 0.25) is 0 Å². The van der Waals surface area contributed by atoms with E-state index in [4.69, 9.17) is 5.84 Å². The Kier molecular flexibility index (Phi) is 4.17. The van der Waals surface area contributed by atoms with Crippen LogP contribution in [-0.4, -0.2) is 16.5 Å². The van der Waals surface area contributed by atoms with Crippen molar-refractivity contribution in [3.05, 3.63) is 34.4 Å². The van der Waals surface area contributed by atoms with E-state index in [9.17, 15) is 4.79 Å². The first-order valence-electron chi connectivity index (χ1n) is 6.37. The Hall–Kier alpha value is -1.35. The number of hydrogen-bond donors (Lipinski definition) is 1. The molecule has 1 aromatic rings. The van der Waals surface area contributed by atoms with Crippen LogP contribution in [0, 0.1) is 13.8 Å². The fourth-order valence-electron chi connectivity index (χ4n) is 2.12. The zero-order chi connectivity index (χ0) is 14.1. The van der Waals surface area contributed by atoms with Gasteiger partial charge in [-0.15, -0.1) is 0 Å². The third-order valence-corrected chi connectivity index (χ3v) is 3.24. The zero-order valence-electron chi connectivity index (χ0n) is 12.3. The summed E-state index contributed by atoms with van der Waals surface area (Å²) >= 11 is 0. The summed E-state index contributed by atoms with van der Waals surface area (Å²) in [6.07, 6.45) is 0.984. The van der Waals surface area contributed by atoms with E-state index in [1.54, 1.807) is 0 Å². The predicted molar refractivity (Wildman–Crippen MR) is 75.4 cm³/mol. The fraction of sp³-hybridized carbons (Fsp3) is 0.533. The summed E-state index contributed by atoms with van der Waals surface area (Å²) in [5.74, 6) is 5.75. The van der Waals surface area contributed by atoms with E-state index in [1.165, 1.54) is 10.6 Å². The minimum absolute atomic E-state index is 0.128. The van der Waals surface area contributed by atoms with Crippen molar-refractivity contribution in [1.29, 1.82) is 0 Å². The van der Waals surface area contributed by atoms with Gasteiger partial charge in [0.1, 0.15) is 0 Å². The summed E-state index contributed by atoms with van der Waals surface area (Å²) in [5, 5.41) is 1.30. The summed E-state index contributed by atoms with van der Waals surface area (Å²) in [7, 11) is 0. The molecule has 0 aliphatic carbocycles. The van der Waals surface area contributed by atoms with E-state index in [0.29, 0.717) is 5.56 Å². The van der Waals surface area contributed by atoms with Crippen molar-refractivity contribution in [2.24, 2.45) is 5.84 Å². The van der Waals surface area contributed by atoms with Crippen molar-refractivity contribution in [3.8, 4) is 0 Å². The zero-order valence-corrected chi connectivity index (χ0v) is 12.3. The number of carbonyl (C=O) groups is 1. The normalized spacial score (nSPS) is 11.5. The summed E-state index contributed by atoms with van der Waals surface area (Å²) in [4.78, 5) is 12.3. The Morgan fingerprint density at radius 2 is 1.67 bits per heavy atom. The van der Waals surface area contributed by atoms with Crippen LogP contribution in [0.15, 0.2) is 12.1 Å². The molecule has 18 heavy (non-hydrogen) atoms. The first kappa shape index (κ1) is 14.7. The predicted octanol–water partition coefficient (Wildman–Crippen LogP) is 2.98. The number of nitrogens with zero attached hydrogens (tertiary/aromatic N) is 1. The van der Waals surface area contributed by atoms with Crippen LogP contribution in [0.3, 0.4) is 0 Å². The molecule has 0 bridgehead atoms. The lowest BCUT2D eigenvalue weighted by atomic mass is 9.96. The number of amides is 1. The first-order valence-corrected chi connectivity index (χ1v) is 6.37. The van der Waals surface area contributed by atoms with Gasteiger partial charge in [0, 0.05) is 5.56 Å². The second-order valence-electron chi connectivity index (χ2n) is 5.79. The Morgan fingerprint density at radius 1 is 1.22 bits per heavy atom. The molecule has 3 heteroatoms. The molecule has 0 atom stereocenters. The second kappa shape index (κ2) is 5.11. The maximum absolute atomic E-state index is 12.3. The van der Waals surface area contributed by atoms with Crippen LogP contribution in [0.4, 0.5) is 0 Å². The van der Waals surface area contributed by atoms with E-state index < -0.39 is 0 Å². The first-order chi connectivity index (χ1) is 8.18. The smallest absolute Gasteiger partial charge is 0.268 e. The number of aryl methyl sites for hydroxylation is 2. The second-order valence-corrected chi connectivity index (χ2v) is 5.79. The monoisotopic (exact) mass is 248 g/mol. The van der Waals surface area contributed by atoms with Gasteiger partial charge >= 0.3 is 0 Å². The summed E-state index contributed by atoms with van der Waals surface area (Å²) in [6.45, 7) is 12.0. The number of rotatable bonds is 2. The van der Waals surface area contributed by atoms with Crippen LogP contribution in [-0.2, 0) is 6.42 Å². The van der Waals surface area contributed by atoms with Gasteiger partial charge in [-0.1, -0.05) is 6.92 Å². The van der Waals surface area contributed by atoms with Gasteiger partial charge in [-0.3, -0.25) is 9.80 Å². The average molecular weight is 248 g/mol. The number of hydrazine groups is 1. The van der Waals surface area contributed by atoms with E-state index in [0.717, 1.165) is 17.5 Å². The van der Waals surface area contributed by atoms with Gasteiger partial charge in [-0.2, -0.15) is 0 Å². The fourth-order valence-corrected chi connectivity index (χ4v) is 2.12. The SMILES string of the molecule is CCc1c(C)cc(C(=O)N(N)C(C)(C)C)cc1C. The van der Waals surface area contributed by atoms with Gasteiger partial charge in [0.05, 0.1) is 5.54 Å².